The molecule has 0 aliphatic carbocycles. The van der Waals surface area contributed by atoms with E-state index in [2.05, 4.69) is 0 Å². The van der Waals surface area contributed by atoms with Crippen molar-refractivity contribution < 1.29 is 22.1 Å². The van der Waals surface area contributed by atoms with E-state index in [9.17, 15) is 0 Å². The third kappa shape index (κ3) is 63.9. The van der Waals surface area contributed by atoms with Crippen molar-refractivity contribution in [2.45, 2.75) is 0 Å². The maximum atomic E-state index is 8.88. The molecular formula is H8CaInO4P. The average molecular weight is 258 g/mol. The van der Waals surface area contributed by atoms with Gasteiger partial charge in [0.2, 0.25) is 0 Å². The van der Waals surface area contributed by atoms with E-state index < -0.39 is 7.82 Å². The second-order valence-electron chi connectivity index (χ2n) is 0.513. The van der Waals surface area contributed by atoms with Crippen LogP contribution in [0.1, 0.15) is 2.85 Å². The first-order valence-electron chi connectivity index (χ1n) is 0.783. The molecule has 4 nitrogen and oxygen atoms in total. The van der Waals surface area contributed by atoms with Crippen LogP contribution >= 0.6 is 7.82 Å². The standard InChI is InChI=1S/Ca.In.H3O4P.5H/c;;1-5(2,3)4;;;;;/h;;(H3,1,2,3,4);;;;;/q+2;;;;;;2*-1. The number of phosphoric acid groups is 1. The van der Waals surface area contributed by atoms with Gasteiger partial charge in [-0.25, -0.2) is 4.57 Å². The quantitative estimate of drug-likeness (QED) is 0.338. The van der Waals surface area contributed by atoms with Crippen molar-refractivity contribution in [2.24, 2.45) is 0 Å². The summed E-state index contributed by atoms with van der Waals surface area (Å²) in [6, 6.07) is 0. The molecule has 0 aromatic carbocycles. The molecule has 7 heteroatoms. The third-order valence-electron chi connectivity index (χ3n) is 0. The Morgan fingerprint density at radius 1 is 1.29 bits per heavy atom. The molecule has 0 fully saturated rings. The molecule has 0 aromatic rings. The van der Waals surface area contributed by atoms with E-state index in [0.717, 1.165) is 0 Å². The molecule has 0 radical (unpaired) electrons. The first-order valence-corrected chi connectivity index (χ1v) is 2.35. The molecule has 0 spiro atoms. The normalized spacial score (nSPS) is 8.43. The minimum absolute atomic E-state index is 0. The van der Waals surface area contributed by atoms with E-state index in [1.165, 1.54) is 0 Å². The molecule has 0 unspecified atom stereocenters. The monoisotopic (exact) mass is 258 g/mol. The fourth-order valence-electron chi connectivity index (χ4n) is 0. The van der Waals surface area contributed by atoms with Crippen LogP contribution in [0.3, 0.4) is 0 Å². The molecular weight excluding hydrogens is 250 g/mol. The van der Waals surface area contributed by atoms with Crippen molar-refractivity contribution in [1.82, 2.24) is 0 Å². The van der Waals surface area contributed by atoms with Crippen molar-refractivity contribution in [3.63, 3.8) is 0 Å². The van der Waals surface area contributed by atoms with Gasteiger partial charge in [0, 0.05) is 0 Å². The molecule has 42 valence electrons. The van der Waals surface area contributed by atoms with Gasteiger partial charge in [-0.1, -0.05) is 0 Å². The van der Waals surface area contributed by atoms with E-state index in [4.69, 9.17) is 19.2 Å². The topological polar surface area (TPSA) is 77.8 Å². The van der Waals surface area contributed by atoms with Crippen LogP contribution in [-0.2, 0) is 4.57 Å². The first-order chi connectivity index (χ1) is 2.00. The fourth-order valence-corrected chi connectivity index (χ4v) is 0. The van der Waals surface area contributed by atoms with Gasteiger partial charge >= 0.3 is 71.4 Å². The molecule has 0 amide bonds. The molecule has 3 N–H and O–H groups in total. The van der Waals surface area contributed by atoms with Crippen molar-refractivity contribution in [1.29, 1.82) is 0 Å². The summed E-state index contributed by atoms with van der Waals surface area (Å²) >= 11 is 0. The minimum atomic E-state index is -4.64. The maximum absolute atomic E-state index is 8.88. The van der Waals surface area contributed by atoms with E-state index in [1.807, 2.05) is 0 Å². The number of rotatable bonds is 0. The molecule has 0 saturated carbocycles. The Balaban J connectivity index is -0.0000000133. The van der Waals surface area contributed by atoms with Gasteiger partial charge in [-0.05, 0) is 0 Å². The van der Waals surface area contributed by atoms with E-state index in [1.54, 1.807) is 0 Å². The Labute approximate surface area is 92.3 Å². The molecule has 0 aliphatic heterocycles. The van der Waals surface area contributed by atoms with Crippen LogP contribution in [0, 0.1) is 0 Å². The Morgan fingerprint density at radius 3 is 1.29 bits per heavy atom. The van der Waals surface area contributed by atoms with Gasteiger partial charge in [0.15, 0.2) is 0 Å². The van der Waals surface area contributed by atoms with Gasteiger partial charge in [0.05, 0.1) is 0 Å². The molecule has 0 aromatic heterocycles. The van der Waals surface area contributed by atoms with Gasteiger partial charge in [-0.3, -0.25) is 0 Å². The van der Waals surface area contributed by atoms with E-state index >= 15 is 0 Å². The predicted molar refractivity (Wildman–Crippen MR) is 32.2 cm³/mol. The van der Waals surface area contributed by atoms with Crippen LogP contribution in [-0.4, -0.2) is 78.3 Å². The van der Waals surface area contributed by atoms with Crippen LogP contribution < -0.4 is 0 Å². The van der Waals surface area contributed by atoms with Gasteiger partial charge in [0.25, 0.3) is 0 Å². The summed E-state index contributed by atoms with van der Waals surface area (Å²) in [6.07, 6.45) is 0. The van der Waals surface area contributed by atoms with Gasteiger partial charge in [-0.15, -0.1) is 0 Å². The molecule has 0 bridgehead atoms. The van der Waals surface area contributed by atoms with Gasteiger partial charge < -0.3 is 17.5 Å². The second kappa shape index (κ2) is 6.36. The molecule has 0 saturated heterocycles. The molecule has 7 heavy (non-hydrogen) atoms. The second-order valence-corrected chi connectivity index (χ2v) is 1.54. The SMILES string of the molecule is O=P(O)(O)O.[Ca+2].[H-].[H-].[InH3]. The molecule has 0 atom stereocenters. The molecule has 0 heterocycles. The van der Waals surface area contributed by atoms with Crippen molar-refractivity contribution in [3.05, 3.63) is 0 Å². The zero-order valence-electron chi connectivity index (χ0n) is 4.90. The Morgan fingerprint density at radius 2 is 1.29 bits per heavy atom. The van der Waals surface area contributed by atoms with Crippen LogP contribution in [0.4, 0.5) is 0 Å². The Bertz CT molecular complexity index is 64.7. The molecule has 0 aliphatic rings. The van der Waals surface area contributed by atoms with Gasteiger partial charge in [-0.2, -0.15) is 0 Å². The zero-order valence-corrected chi connectivity index (χ0v) is 6.01. The summed E-state index contributed by atoms with van der Waals surface area (Å²) in [5, 5.41) is 0. The van der Waals surface area contributed by atoms with Gasteiger partial charge in [0.1, 0.15) is 0 Å². The average Bonchev–Trinajstić information content (AvgIpc) is 0.722. The van der Waals surface area contributed by atoms with Crippen molar-refractivity contribution in [3.8, 4) is 0 Å². The van der Waals surface area contributed by atoms with Crippen LogP contribution in [0.5, 0.6) is 0 Å². The van der Waals surface area contributed by atoms with Crippen LogP contribution in [0.15, 0.2) is 0 Å². The van der Waals surface area contributed by atoms with Crippen molar-refractivity contribution >= 4 is 71.4 Å². The van der Waals surface area contributed by atoms with Crippen LogP contribution in [0.2, 0.25) is 0 Å². The van der Waals surface area contributed by atoms with Crippen molar-refractivity contribution in [2.75, 3.05) is 0 Å². The Kier molecular flexibility index (Phi) is 14.6. The third-order valence-corrected chi connectivity index (χ3v) is 0. The van der Waals surface area contributed by atoms with E-state index in [0.29, 0.717) is 0 Å². The summed E-state index contributed by atoms with van der Waals surface area (Å²) in [6.45, 7) is 0. The predicted octanol–water partition coefficient (Wildman–Crippen LogP) is -2.27. The molecule has 0 rings (SSSR count). The number of hydrogen-bond donors (Lipinski definition) is 3. The fraction of sp³-hybridized carbons (Fsp3) is 0. The summed E-state index contributed by atoms with van der Waals surface area (Å²) in [5.41, 5.74) is 0. The summed E-state index contributed by atoms with van der Waals surface area (Å²) in [7, 11) is -4.64. The summed E-state index contributed by atoms with van der Waals surface area (Å²) in [5.74, 6) is 0. The zero-order chi connectivity index (χ0) is 4.50. The Hall–Kier alpha value is 2.24. The first kappa shape index (κ1) is 16.1. The number of hydrogen-bond acceptors (Lipinski definition) is 1. The van der Waals surface area contributed by atoms with E-state index in [-0.39, 0.29) is 66.4 Å². The van der Waals surface area contributed by atoms with Crippen LogP contribution in [0.25, 0.3) is 0 Å². The summed E-state index contributed by atoms with van der Waals surface area (Å²) in [4.78, 5) is 21.6. The summed E-state index contributed by atoms with van der Waals surface area (Å²) < 4.78 is 8.88.